The van der Waals surface area contributed by atoms with E-state index in [2.05, 4.69) is 32.5 Å². The summed E-state index contributed by atoms with van der Waals surface area (Å²) >= 11 is 0. The van der Waals surface area contributed by atoms with Crippen LogP contribution < -0.4 is 24.6 Å². The number of unbranched alkanes of at least 4 members (excludes halogenated alkanes) is 1. The van der Waals surface area contributed by atoms with Crippen molar-refractivity contribution in [3.8, 4) is 34.4 Å². The Labute approximate surface area is 218 Å². The highest BCUT2D eigenvalue weighted by Gasteiger charge is 2.24. The van der Waals surface area contributed by atoms with E-state index in [1.165, 1.54) is 0 Å². The van der Waals surface area contributed by atoms with Crippen LogP contribution in [0.1, 0.15) is 43.7 Å². The Morgan fingerprint density at radius 1 is 1.18 bits per heavy atom. The molecule has 0 amide bonds. The quantitative estimate of drug-likeness (QED) is 0.356. The summed E-state index contributed by atoms with van der Waals surface area (Å²) in [6.45, 7) is 3.22. The van der Waals surface area contributed by atoms with Gasteiger partial charge in [-0.1, -0.05) is 30.7 Å². The van der Waals surface area contributed by atoms with E-state index in [-0.39, 0.29) is 30.4 Å². The molecule has 11 heteroatoms. The maximum atomic E-state index is 12.8. The van der Waals surface area contributed by atoms with Crippen LogP contribution in [0.2, 0.25) is 0 Å². The number of aryl methyl sites for hydroxylation is 1. The fourth-order valence-corrected chi connectivity index (χ4v) is 4.75. The van der Waals surface area contributed by atoms with Crippen LogP contribution in [-0.2, 0) is 13.0 Å². The number of H-pyrrole nitrogens is 1. The molecule has 0 radical (unpaired) electrons. The maximum Gasteiger partial charge on any atom is 0.351 e. The molecule has 0 saturated heterocycles. The minimum atomic E-state index is -0.341. The predicted molar refractivity (Wildman–Crippen MR) is 137 cm³/mol. The number of nitrogens with one attached hydrogen (secondary N) is 1. The Balaban J connectivity index is 1.19. The number of tetrazole rings is 1. The molecule has 196 valence electrons. The van der Waals surface area contributed by atoms with E-state index < -0.39 is 0 Å². The monoisotopic (exact) mass is 516 g/mol. The number of ether oxygens (including phenoxy) is 4. The second-order valence-corrected chi connectivity index (χ2v) is 9.31. The lowest BCUT2D eigenvalue weighted by Gasteiger charge is -2.26. The van der Waals surface area contributed by atoms with Crippen molar-refractivity contribution in [2.75, 3.05) is 13.2 Å². The first kappa shape index (κ1) is 24.0. The van der Waals surface area contributed by atoms with Crippen LogP contribution in [0.15, 0.2) is 53.3 Å². The second-order valence-electron chi connectivity index (χ2n) is 9.31. The summed E-state index contributed by atoms with van der Waals surface area (Å²) in [5, 5.41) is 14.4. The molecule has 1 N–H and O–H groups in total. The van der Waals surface area contributed by atoms with Gasteiger partial charge in [0.1, 0.15) is 19.0 Å². The van der Waals surface area contributed by atoms with Crippen molar-refractivity contribution in [2.24, 2.45) is 0 Å². The van der Waals surface area contributed by atoms with Gasteiger partial charge in [0.15, 0.2) is 23.7 Å². The zero-order valence-electron chi connectivity index (χ0n) is 21.0. The Kier molecular flexibility index (Phi) is 6.63. The lowest BCUT2D eigenvalue weighted by Crippen LogP contribution is -2.35. The number of hydrogen-bond acceptors (Lipinski definition) is 9. The summed E-state index contributed by atoms with van der Waals surface area (Å²) in [7, 11) is 0. The molecular weight excluding hydrogens is 488 g/mol. The van der Waals surface area contributed by atoms with Gasteiger partial charge in [-0.05, 0) is 55.2 Å². The molecule has 4 heterocycles. The molecule has 0 saturated carbocycles. The van der Waals surface area contributed by atoms with Crippen molar-refractivity contribution in [1.29, 1.82) is 0 Å². The van der Waals surface area contributed by atoms with Gasteiger partial charge in [-0.15, -0.1) is 10.2 Å². The van der Waals surface area contributed by atoms with Gasteiger partial charge >= 0.3 is 5.69 Å². The summed E-state index contributed by atoms with van der Waals surface area (Å²) < 4.78 is 25.6. The van der Waals surface area contributed by atoms with Crippen LogP contribution in [0.25, 0.3) is 11.3 Å². The van der Waals surface area contributed by atoms with Crippen LogP contribution in [-0.4, -0.2) is 49.5 Å². The van der Waals surface area contributed by atoms with E-state index >= 15 is 0 Å². The third-order valence-corrected chi connectivity index (χ3v) is 6.68. The van der Waals surface area contributed by atoms with E-state index in [9.17, 15) is 4.79 Å². The first-order valence-electron chi connectivity index (χ1n) is 12.8. The molecule has 2 atom stereocenters. The lowest BCUT2D eigenvalue weighted by atomic mass is 9.97. The van der Waals surface area contributed by atoms with Gasteiger partial charge in [0.25, 0.3) is 0 Å². The minimum absolute atomic E-state index is 0.207. The molecule has 6 rings (SSSR count). The highest BCUT2D eigenvalue weighted by molar-refractivity contribution is 5.67. The molecule has 4 aromatic rings. The van der Waals surface area contributed by atoms with E-state index in [0.29, 0.717) is 36.9 Å². The third kappa shape index (κ3) is 4.91. The summed E-state index contributed by atoms with van der Waals surface area (Å²) in [5.41, 5.74) is 2.46. The molecule has 2 unspecified atom stereocenters. The average molecular weight is 517 g/mol. The van der Waals surface area contributed by atoms with Gasteiger partial charge in [-0.2, -0.15) is 10.2 Å². The molecule has 2 aromatic heterocycles. The van der Waals surface area contributed by atoms with Crippen LogP contribution in [0, 0.1) is 0 Å². The molecule has 0 aliphatic carbocycles. The fraction of sp³-hybridized carbons (Fsp3) is 0.370. The predicted octanol–water partition coefficient (Wildman–Crippen LogP) is 3.51. The number of aromatic amines is 1. The number of rotatable bonds is 9. The van der Waals surface area contributed by atoms with Gasteiger partial charge < -0.3 is 18.9 Å². The SMILES string of the molecule is CCCCC(Oc1ccc2c(c1)CCn1c-2cc(OCC2COc3ccccc3O2)nc1=O)c1nn[nH]n1. The maximum absolute atomic E-state index is 12.8. The van der Waals surface area contributed by atoms with Crippen molar-refractivity contribution in [2.45, 2.75) is 51.4 Å². The van der Waals surface area contributed by atoms with Gasteiger partial charge in [-0.25, -0.2) is 4.79 Å². The molecular formula is C27H28N6O5. The average Bonchev–Trinajstić information content (AvgIpc) is 3.49. The topological polar surface area (TPSA) is 126 Å². The first-order chi connectivity index (χ1) is 18.7. The zero-order valence-corrected chi connectivity index (χ0v) is 21.0. The zero-order chi connectivity index (χ0) is 25.9. The van der Waals surface area contributed by atoms with Crippen LogP contribution in [0.4, 0.5) is 0 Å². The largest absolute Gasteiger partial charge is 0.486 e. The molecule has 0 fully saturated rings. The number of para-hydroxylation sites is 2. The highest BCUT2D eigenvalue weighted by Crippen LogP contribution is 2.34. The molecule has 11 nitrogen and oxygen atoms in total. The number of aromatic nitrogens is 6. The number of fused-ring (bicyclic) bond motifs is 4. The second kappa shape index (κ2) is 10.5. The molecule has 0 spiro atoms. The van der Waals surface area contributed by atoms with Crippen molar-refractivity contribution in [1.82, 2.24) is 30.2 Å². The summed E-state index contributed by atoms with van der Waals surface area (Å²) in [6.07, 6.45) is 2.92. The summed E-state index contributed by atoms with van der Waals surface area (Å²) in [4.78, 5) is 17.0. The number of nitrogens with zero attached hydrogens (tertiary/aromatic N) is 5. The first-order valence-corrected chi connectivity index (χ1v) is 12.8. The Morgan fingerprint density at radius 3 is 2.92 bits per heavy atom. The van der Waals surface area contributed by atoms with Gasteiger partial charge in [0.2, 0.25) is 11.7 Å². The van der Waals surface area contributed by atoms with E-state index in [1.54, 1.807) is 10.6 Å². The lowest BCUT2D eigenvalue weighted by molar-refractivity contribution is 0.0520. The van der Waals surface area contributed by atoms with E-state index in [0.717, 1.165) is 41.8 Å². The van der Waals surface area contributed by atoms with Gasteiger partial charge in [-0.3, -0.25) is 4.57 Å². The summed E-state index contributed by atoms with van der Waals surface area (Å²) in [6, 6.07) is 15.2. The van der Waals surface area contributed by atoms with Crippen molar-refractivity contribution in [3.05, 3.63) is 70.4 Å². The summed E-state index contributed by atoms with van der Waals surface area (Å²) in [5.74, 6) is 2.91. The van der Waals surface area contributed by atoms with Gasteiger partial charge in [0, 0.05) is 18.2 Å². The van der Waals surface area contributed by atoms with E-state index in [1.807, 2.05) is 42.5 Å². The van der Waals surface area contributed by atoms with Crippen LogP contribution in [0.5, 0.6) is 23.1 Å². The highest BCUT2D eigenvalue weighted by atomic mass is 16.6. The minimum Gasteiger partial charge on any atom is -0.486 e. The molecule has 38 heavy (non-hydrogen) atoms. The third-order valence-electron chi connectivity index (χ3n) is 6.68. The standard InChI is InChI=1S/C27H28N6O5/c1-2-3-6-24(26-29-31-32-30-26)37-18-9-10-20-17(13-18)11-12-33-21(20)14-25(28-27(33)34)36-16-19-15-35-22-7-4-5-8-23(22)38-19/h4-5,7-10,13-14,19,24H,2-3,6,11-12,15-16H2,1H3,(H,29,30,31,32). The number of hydrogen-bond donors (Lipinski definition) is 1. The Morgan fingerprint density at radius 2 is 2.08 bits per heavy atom. The molecule has 2 aliphatic rings. The van der Waals surface area contributed by atoms with Gasteiger partial charge in [0.05, 0.1) is 5.69 Å². The molecule has 2 aromatic carbocycles. The molecule has 2 aliphatic heterocycles. The smallest absolute Gasteiger partial charge is 0.351 e. The Hall–Kier alpha value is -4.41. The van der Waals surface area contributed by atoms with Crippen molar-refractivity contribution in [3.63, 3.8) is 0 Å². The fourth-order valence-electron chi connectivity index (χ4n) is 4.75. The Bertz CT molecular complexity index is 1470. The number of benzene rings is 2. The molecule has 0 bridgehead atoms. The van der Waals surface area contributed by atoms with E-state index in [4.69, 9.17) is 18.9 Å². The van der Waals surface area contributed by atoms with Crippen molar-refractivity contribution < 1.29 is 18.9 Å². The normalized spacial score (nSPS) is 16.3. The van der Waals surface area contributed by atoms with Crippen LogP contribution >= 0.6 is 0 Å². The van der Waals surface area contributed by atoms with Crippen molar-refractivity contribution >= 4 is 0 Å². The van der Waals surface area contributed by atoms with Crippen LogP contribution in [0.3, 0.4) is 0 Å².